The van der Waals surface area contributed by atoms with Crippen molar-refractivity contribution in [3.05, 3.63) is 28.3 Å². The van der Waals surface area contributed by atoms with E-state index in [0.29, 0.717) is 21.6 Å². The van der Waals surface area contributed by atoms with Crippen LogP contribution in [0.5, 0.6) is 0 Å². The van der Waals surface area contributed by atoms with Crippen molar-refractivity contribution in [3.8, 4) is 0 Å². The Morgan fingerprint density at radius 2 is 2.00 bits per heavy atom. The number of rotatable bonds is 3. The lowest BCUT2D eigenvalue weighted by molar-refractivity contribution is 0.0528. The SMILES string of the molecule is Cc1cc(C(=O)OCCCl)c(C)c2c1S(=O)(=O)CC2(C)C. The summed E-state index contributed by atoms with van der Waals surface area (Å²) in [4.78, 5) is 12.5. The molecule has 0 unspecified atom stereocenters. The molecule has 0 aromatic heterocycles. The molecule has 0 radical (unpaired) electrons. The standard InChI is InChI=1S/C15H19ClO4S/c1-9-7-11(14(17)20-6-5-16)10(2)12-13(9)21(18,19)8-15(12,3)4/h7H,5-6,8H2,1-4H3. The molecule has 0 saturated carbocycles. The first-order valence-corrected chi connectivity index (χ1v) is 8.91. The smallest absolute Gasteiger partial charge is 0.338 e. The monoisotopic (exact) mass is 330 g/mol. The Balaban J connectivity index is 2.67. The number of hydrogen-bond acceptors (Lipinski definition) is 4. The number of ether oxygens (including phenoxy) is 1. The summed E-state index contributed by atoms with van der Waals surface area (Å²) in [5.41, 5.74) is 1.92. The molecule has 0 bridgehead atoms. The second-order valence-electron chi connectivity index (χ2n) is 6.04. The highest BCUT2D eigenvalue weighted by molar-refractivity contribution is 7.91. The average Bonchev–Trinajstić information content (AvgIpc) is 2.56. The molecular formula is C15H19ClO4S. The van der Waals surface area contributed by atoms with Crippen LogP contribution in [0.4, 0.5) is 0 Å². The van der Waals surface area contributed by atoms with Gasteiger partial charge in [0.25, 0.3) is 0 Å². The predicted octanol–water partition coefficient (Wildman–Crippen LogP) is 2.76. The van der Waals surface area contributed by atoms with Gasteiger partial charge in [0.05, 0.1) is 22.1 Å². The summed E-state index contributed by atoms with van der Waals surface area (Å²) in [7, 11) is -3.30. The van der Waals surface area contributed by atoms with Gasteiger partial charge in [-0.2, -0.15) is 0 Å². The van der Waals surface area contributed by atoms with E-state index in [1.165, 1.54) is 0 Å². The lowest BCUT2D eigenvalue weighted by Gasteiger charge is -2.21. The molecule has 1 aromatic carbocycles. The molecule has 0 fully saturated rings. The van der Waals surface area contributed by atoms with E-state index < -0.39 is 21.2 Å². The number of carbonyl (C=O) groups excluding carboxylic acids is 1. The molecule has 6 heteroatoms. The highest BCUT2D eigenvalue weighted by Crippen LogP contribution is 2.44. The molecule has 1 aliphatic rings. The lowest BCUT2D eigenvalue weighted by Crippen LogP contribution is -2.21. The van der Waals surface area contributed by atoms with Crippen LogP contribution in [-0.4, -0.2) is 32.6 Å². The number of halogens is 1. The van der Waals surface area contributed by atoms with E-state index in [2.05, 4.69) is 0 Å². The summed E-state index contributed by atoms with van der Waals surface area (Å²) in [5, 5.41) is 0. The number of carbonyl (C=O) groups is 1. The third-order valence-electron chi connectivity index (χ3n) is 3.79. The molecule has 0 saturated heterocycles. The first kappa shape index (κ1) is 16.3. The Kier molecular flexibility index (Phi) is 4.10. The fraction of sp³-hybridized carbons (Fsp3) is 0.533. The van der Waals surface area contributed by atoms with Crippen molar-refractivity contribution in [2.24, 2.45) is 0 Å². The molecule has 4 nitrogen and oxygen atoms in total. The molecular weight excluding hydrogens is 312 g/mol. The van der Waals surface area contributed by atoms with Gasteiger partial charge < -0.3 is 4.74 Å². The molecule has 2 rings (SSSR count). The van der Waals surface area contributed by atoms with Crippen molar-refractivity contribution in [3.63, 3.8) is 0 Å². The van der Waals surface area contributed by atoms with Crippen LogP contribution in [0.3, 0.4) is 0 Å². The average molecular weight is 331 g/mol. The number of fused-ring (bicyclic) bond motifs is 1. The maximum absolute atomic E-state index is 12.4. The molecule has 0 amide bonds. The molecule has 1 heterocycles. The Labute approximate surface area is 130 Å². The number of benzene rings is 1. The zero-order chi connectivity index (χ0) is 16.0. The minimum Gasteiger partial charge on any atom is -0.461 e. The second-order valence-corrected chi connectivity index (χ2v) is 8.34. The van der Waals surface area contributed by atoms with Gasteiger partial charge in [0.1, 0.15) is 6.61 Å². The molecule has 116 valence electrons. The van der Waals surface area contributed by atoms with E-state index in [0.717, 1.165) is 5.56 Å². The zero-order valence-corrected chi connectivity index (χ0v) is 14.2. The Morgan fingerprint density at radius 3 is 2.57 bits per heavy atom. The number of sulfone groups is 1. The highest BCUT2D eigenvalue weighted by atomic mass is 35.5. The first-order valence-electron chi connectivity index (χ1n) is 6.72. The third kappa shape index (κ3) is 2.69. The molecule has 1 aromatic rings. The van der Waals surface area contributed by atoms with Crippen LogP contribution in [0, 0.1) is 13.8 Å². The normalized spacial score (nSPS) is 18.3. The minimum atomic E-state index is -3.30. The summed E-state index contributed by atoms with van der Waals surface area (Å²) < 4.78 is 29.8. The van der Waals surface area contributed by atoms with E-state index in [1.807, 2.05) is 13.8 Å². The van der Waals surface area contributed by atoms with Gasteiger partial charge in [-0.25, -0.2) is 13.2 Å². The molecule has 0 N–H and O–H groups in total. The summed E-state index contributed by atoms with van der Waals surface area (Å²) in [6.45, 7) is 7.40. The first-order chi connectivity index (χ1) is 9.62. The Hall–Kier alpha value is -1.07. The highest BCUT2D eigenvalue weighted by Gasteiger charge is 2.43. The van der Waals surface area contributed by atoms with E-state index in [-0.39, 0.29) is 18.2 Å². The second kappa shape index (κ2) is 5.29. The topological polar surface area (TPSA) is 60.4 Å². The van der Waals surface area contributed by atoms with Gasteiger partial charge in [-0.1, -0.05) is 13.8 Å². The summed E-state index contributed by atoms with van der Waals surface area (Å²) in [5.74, 6) is -0.162. The van der Waals surface area contributed by atoms with E-state index >= 15 is 0 Å². The summed E-state index contributed by atoms with van der Waals surface area (Å²) >= 11 is 5.52. The maximum atomic E-state index is 12.4. The van der Waals surface area contributed by atoms with Gasteiger partial charge >= 0.3 is 5.97 Å². The Morgan fingerprint density at radius 1 is 1.38 bits per heavy atom. The van der Waals surface area contributed by atoms with Crippen molar-refractivity contribution >= 4 is 27.4 Å². The Bertz CT molecular complexity index is 705. The van der Waals surface area contributed by atoms with E-state index in [9.17, 15) is 13.2 Å². The van der Waals surface area contributed by atoms with Gasteiger partial charge in [0, 0.05) is 5.41 Å². The van der Waals surface area contributed by atoms with E-state index in [4.69, 9.17) is 16.3 Å². The molecule has 21 heavy (non-hydrogen) atoms. The van der Waals surface area contributed by atoms with Crippen LogP contribution < -0.4 is 0 Å². The van der Waals surface area contributed by atoms with Crippen molar-refractivity contribution in [1.82, 2.24) is 0 Å². The van der Waals surface area contributed by atoms with Gasteiger partial charge in [0.15, 0.2) is 9.84 Å². The van der Waals surface area contributed by atoms with Gasteiger partial charge in [0.2, 0.25) is 0 Å². The summed E-state index contributed by atoms with van der Waals surface area (Å²) in [6, 6.07) is 1.60. The molecule has 1 aliphatic heterocycles. The molecule has 0 spiro atoms. The van der Waals surface area contributed by atoms with Crippen LogP contribution in [0.15, 0.2) is 11.0 Å². The van der Waals surface area contributed by atoms with Crippen molar-refractivity contribution in [2.45, 2.75) is 38.0 Å². The number of esters is 1. The maximum Gasteiger partial charge on any atom is 0.338 e. The van der Waals surface area contributed by atoms with E-state index in [1.54, 1.807) is 19.9 Å². The quantitative estimate of drug-likeness (QED) is 0.631. The van der Waals surface area contributed by atoms with Gasteiger partial charge in [-0.05, 0) is 36.6 Å². The minimum absolute atomic E-state index is 0.0667. The van der Waals surface area contributed by atoms with Crippen LogP contribution in [0.1, 0.15) is 40.9 Å². The van der Waals surface area contributed by atoms with Crippen molar-refractivity contribution in [2.75, 3.05) is 18.2 Å². The van der Waals surface area contributed by atoms with Crippen LogP contribution in [-0.2, 0) is 20.0 Å². The number of hydrogen-bond donors (Lipinski definition) is 0. The van der Waals surface area contributed by atoms with Gasteiger partial charge in [-0.15, -0.1) is 11.6 Å². The van der Waals surface area contributed by atoms with Crippen molar-refractivity contribution < 1.29 is 17.9 Å². The lowest BCUT2D eigenvalue weighted by atomic mass is 9.81. The predicted molar refractivity (Wildman–Crippen MR) is 82.0 cm³/mol. The van der Waals surface area contributed by atoms with Crippen LogP contribution in [0.25, 0.3) is 0 Å². The number of alkyl halides is 1. The van der Waals surface area contributed by atoms with Crippen LogP contribution in [0.2, 0.25) is 0 Å². The largest absolute Gasteiger partial charge is 0.461 e. The fourth-order valence-corrected chi connectivity index (χ4v) is 5.75. The van der Waals surface area contributed by atoms with Crippen LogP contribution >= 0.6 is 11.6 Å². The fourth-order valence-electron chi connectivity index (χ4n) is 3.15. The zero-order valence-electron chi connectivity index (χ0n) is 12.6. The molecule has 0 atom stereocenters. The number of aryl methyl sites for hydroxylation is 1. The van der Waals surface area contributed by atoms with Crippen molar-refractivity contribution in [1.29, 1.82) is 0 Å². The molecule has 0 aliphatic carbocycles. The third-order valence-corrected chi connectivity index (χ3v) is 6.20. The van der Waals surface area contributed by atoms with Gasteiger partial charge in [-0.3, -0.25) is 0 Å². The summed E-state index contributed by atoms with van der Waals surface area (Å²) in [6.07, 6.45) is 0.